The number of fused-ring (bicyclic) bond motifs is 1. The molecule has 7 heteroatoms. The average molecular weight is 467 g/mol. The summed E-state index contributed by atoms with van der Waals surface area (Å²) in [4.78, 5) is 4.47. The highest BCUT2D eigenvalue weighted by Gasteiger charge is 2.14. The summed E-state index contributed by atoms with van der Waals surface area (Å²) in [6.45, 7) is 0.169. The lowest BCUT2D eigenvalue weighted by atomic mass is 10.1. The number of halogens is 2. The van der Waals surface area contributed by atoms with Crippen molar-refractivity contribution in [3.8, 4) is 11.8 Å². The van der Waals surface area contributed by atoms with Gasteiger partial charge in [0.05, 0.1) is 15.4 Å². The summed E-state index contributed by atoms with van der Waals surface area (Å²) in [6.07, 6.45) is 1.67. The van der Waals surface area contributed by atoms with Crippen LogP contribution in [0.2, 0.25) is 10.0 Å². The van der Waals surface area contributed by atoms with E-state index in [9.17, 15) is 8.42 Å². The first-order valence-electron chi connectivity index (χ1n) is 9.32. The summed E-state index contributed by atoms with van der Waals surface area (Å²) in [5.74, 6) is 5.94. The van der Waals surface area contributed by atoms with Crippen molar-refractivity contribution in [3.63, 3.8) is 0 Å². The molecule has 0 saturated heterocycles. The molecule has 0 bridgehead atoms. The van der Waals surface area contributed by atoms with Crippen molar-refractivity contribution in [1.29, 1.82) is 0 Å². The molecule has 1 N–H and O–H groups in total. The fraction of sp³-hybridized carbons (Fsp3) is 0.0417. The Morgan fingerprint density at radius 3 is 2.45 bits per heavy atom. The first-order valence-corrected chi connectivity index (χ1v) is 11.6. The third kappa shape index (κ3) is 5.07. The topological polar surface area (TPSA) is 59.1 Å². The number of hydrogen-bond acceptors (Lipinski definition) is 3. The molecule has 0 aliphatic carbocycles. The smallest absolute Gasteiger partial charge is 0.240 e. The lowest BCUT2D eigenvalue weighted by Gasteiger charge is -2.09. The molecule has 3 aromatic carbocycles. The van der Waals surface area contributed by atoms with E-state index in [1.807, 2.05) is 30.3 Å². The van der Waals surface area contributed by atoms with E-state index in [4.69, 9.17) is 23.2 Å². The molecule has 1 heterocycles. The Bertz CT molecular complexity index is 1420. The van der Waals surface area contributed by atoms with E-state index in [2.05, 4.69) is 21.5 Å². The Kier molecular flexibility index (Phi) is 6.26. The Balaban J connectivity index is 1.50. The molecule has 4 rings (SSSR count). The van der Waals surface area contributed by atoms with Gasteiger partial charge in [0.25, 0.3) is 0 Å². The molecule has 0 spiro atoms. The van der Waals surface area contributed by atoms with Gasteiger partial charge in [0, 0.05) is 34.3 Å². The van der Waals surface area contributed by atoms with Crippen LogP contribution in [0, 0.1) is 11.8 Å². The van der Waals surface area contributed by atoms with Gasteiger partial charge in [-0.15, -0.1) is 0 Å². The molecule has 154 valence electrons. The van der Waals surface area contributed by atoms with Crippen LogP contribution in [0.15, 0.2) is 83.9 Å². The van der Waals surface area contributed by atoms with Crippen molar-refractivity contribution in [1.82, 2.24) is 9.71 Å². The maximum Gasteiger partial charge on any atom is 0.240 e. The first kappa shape index (κ1) is 21.4. The second-order valence-corrected chi connectivity index (χ2v) is 9.32. The molecule has 4 aromatic rings. The van der Waals surface area contributed by atoms with E-state index < -0.39 is 10.0 Å². The molecule has 0 aliphatic rings. The number of nitrogens with one attached hydrogen (secondary N) is 1. The Labute approximate surface area is 190 Å². The zero-order valence-corrected chi connectivity index (χ0v) is 18.5. The van der Waals surface area contributed by atoms with E-state index in [0.717, 1.165) is 16.5 Å². The van der Waals surface area contributed by atoms with Gasteiger partial charge in [0.15, 0.2) is 0 Å². The van der Waals surface area contributed by atoms with Crippen molar-refractivity contribution in [3.05, 3.63) is 106 Å². The number of hydrogen-bond donors (Lipinski definition) is 1. The summed E-state index contributed by atoms with van der Waals surface area (Å²) in [7, 11) is -3.68. The summed E-state index contributed by atoms with van der Waals surface area (Å²) >= 11 is 12.0. The molecule has 4 nitrogen and oxygen atoms in total. The lowest BCUT2D eigenvalue weighted by Crippen LogP contribution is -2.23. The molecule has 0 amide bonds. The fourth-order valence-electron chi connectivity index (χ4n) is 3.01. The van der Waals surface area contributed by atoms with E-state index in [1.165, 1.54) is 12.1 Å². The quantitative estimate of drug-likeness (QED) is 0.408. The molecule has 0 unspecified atom stereocenters. The summed E-state index contributed by atoms with van der Waals surface area (Å²) in [5.41, 5.74) is 3.00. The number of rotatable bonds is 4. The van der Waals surface area contributed by atoms with Crippen molar-refractivity contribution < 1.29 is 8.42 Å². The van der Waals surface area contributed by atoms with Crippen LogP contribution in [0.5, 0.6) is 0 Å². The van der Waals surface area contributed by atoms with E-state index in [1.54, 1.807) is 36.5 Å². The lowest BCUT2D eigenvalue weighted by molar-refractivity contribution is 0.581. The van der Waals surface area contributed by atoms with Gasteiger partial charge in [-0.1, -0.05) is 53.2 Å². The maximum absolute atomic E-state index is 12.7. The number of aromatic nitrogens is 1. The highest BCUT2D eigenvalue weighted by atomic mass is 35.5. The zero-order valence-electron chi connectivity index (χ0n) is 16.1. The van der Waals surface area contributed by atoms with Crippen molar-refractivity contribution >= 4 is 44.1 Å². The molecule has 31 heavy (non-hydrogen) atoms. The monoisotopic (exact) mass is 466 g/mol. The molecule has 0 fully saturated rings. The molecule has 0 saturated carbocycles. The summed E-state index contributed by atoms with van der Waals surface area (Å²) in [6, 6.07) is 20.9. The van der Waals surface area contributed by atoms with Crippen molar-refractivity contribution in [2.75, 3.05) is 0 Å². The van der Waals surface area contributed by atoms with Crippen LogP contribution in [0.1, 0.15) is 16.7 Å². The van der Waals surface area contributed by atoms with Crippen LogP contribution in [-0.4, -0.2) is 13.4 Å². The first-order chi connectivity index (χ1) is 14.9. The van der Waals surface area contributed by atoms with Crippen LogP contribution in [0.4, 0.5) is 0 Å². The van der Waals surface area contributed by atoms with Gasteiger partial charge < -0.3 is 0 Å². The minimum Gasteiger partial charge on any atom is -0.256 e. The molecule has 0 radical (unpaired) electrons. The van der Waals surface area contributed by atoms with E-state index in [0.29, 0.717) is 21.2 Å². The van der Waals surface area contributed by atoms with Gasteiger partial charge in [0.2, 0.25) is 10.0 Å². The third-order valence-corrected chi connectivity index (χ3v) is 6.59. The highest BCUT2D eigenvalue weighted by Crippen LogP contribution is 2.20. The van der Waals surface area contributed by atoms with Gasteiger partial charge in [-0.2, -0.15) is 0 Å². The van der Waals surface area contributed by atoms with Gasteiger partial charge in [0.1, 0.15) is 0 Å². The van der Waals surface area contributed by atoms with Gasteiger partial charge in [-0.05, 0) is 60.2 Å². The van der Waals surface area contributed by atoms with Crippen molar-refractivity contribution in [2.24, 2.45) is 0 Å². The average Bonchev–Trinajstić information content (AvgIpc) is 2.77. The van der Waals surface area contributed by atoms with E-state index in [-0.39, 0.29) is 11.4 Å². The van der Waals surface area contributed by atoms with E-state index >= 15 is 0 Å². The minimum absolute atomic E-state index is 0.168. The maximum atomic E-state index is 12.7. The van der Waals surface area contributed by atoms with Crippen LogP contribution in [0.3, 0.4) is 0 Å². The molecule has 0 atom stereocenters. The number of pyridine rings is 1. The minimum atomic E-state index is -3.68. The van der Waals surface area contributed by atoms with Crippen LogP contribution < -0.4 is 4.72 Å². The predicted molar refractivity (Wildman–Crippen MR) is 125 cm³/mol. The molecular formula is C24H16Cl2N2O2S. The Morgan fingerprint density at radius 1 is 0.903 bits per heavy atom. The Morgan fingerprint density at radius 2 is 1.68 bits per heavy atom. The number of nitrogens with zero attached hydrogens (tertiary/aromatic N) is 1. The fourth-order valence-corrected chi connectivity index (χ4v) is 4.48. The van der Waals surface area contributed by atoms with Crippen LogP contribution >= 0.6 is 23.2 Å². The Hall–Kier alpha value is -2.88. The predicted octanol–water partition coefficient (Wildman–Crippen LogP) is 5.42. The third-order valence-electron chi connectivity index (χ3n) is 4.63. The van der Waals surface area contributed by atoms with Crippen LogP contribution in [0.25, 0.3) is 10.9 Å². The highest BCUT2D eigenvalue weighted by molar-refractivity contribution is 7.89. The van der Waals surface area contributed by atoms with Crippen LogP contribution in [-0.2, 0) is 16.6 Å². The summed E-state index contributed by atoms with van der Waals surface area (Å²) in [5, 5.41) is 1.92. The standard InChI is InChI=1S/C24H16Cl2N2O2S/c25-20-10-9-18(23(26)15-20)8-5-17-6-11-21(12-7-17)31(29,30)28-16-19-13-14-27-24-4-2-1-3-22(19)24/h1-4,6-7,9-15,28H,16H2. The number of sulfonamides is 1. The zero-order chi connectivity index (χ0) is 21.8. The van der Waals surface area contributed by atoms with Gasteiger partial charge in [-0.25, -0.2) is 13.1 Å². The summed E-state index contributed by atoms with van der Waals surface area (Å²) < 4.78 is 28.1. The number of benzene rings is 3. The molecular weight excluding hydrogens is 451 g/mol. The SMILES string of the molecule is O=S(=O)(NCc1ccnc2ccccc12)c1ccc(C#Cc2ccc(Cl)cc2Cl)cc1. The van der Waals surface area contributed by atoms with Gasteiger partial charge in [-0.3, -0.25) is 4.98 Å². The number of para-hydroxylation sites is 1. The van der Waals surface area contributed by atoms with Crippen molar-refractivity contribution in [2.45, 2.75) is 11.4 Å². The molecule has 0 aliphatic heterocycles. The molecule has 1 aromatic heterocycles. The normalized spacial score (nSPS) is 11.2. The van der Waals surface area contributed by atoms with Gasteiger partial charge >= 0.3 is 0 Å². The second-order valence-electron chi connectivity index (χ2n) is 6.71. The largest absolute Gasteiger partial charge is 0.256 e. The second kappa shape index (κ2) is 9.09.